The van der Waals surface area contributed by atoms with Gasteiger partial charge in [0.25, 0.3) is 5.91 Å². The van der Waals surface area contributed by atoms with Gasteiger partial charge in [-0.05, 0) is 57.5 Å². The first-order chi connectivity index (χ1) is 10.6. The van der Waals surface area contributed by atoms with Crippen molar-refractivity contribution in [2.45, 2.75) is 52.2 Å². The molecule has 0 saturated carbocycles. The Morgan fingerprint density at radius 1 is 1.36 bits per heavy atom. The van der Waals surface area contributed by atoms with E-state index in [-0.39, 0.29) is 5.91 Å². The van der Waals surface area contributed by atoms with Gasteiger partial charge in [0, 0.05) is 30.7 Å². The van der Waals surface area contributed by atoms with E-state index in [0.29, 0.717) is 12.1 Å². The fourth-order valence-corrected chi connectivity index (χ4v) is 2.90. The predicted molar refractivity (Wildman–Crippen MR) is 91.0 cm³/mol. The van der Waals surface area contributed by atoms with Gasteiger partial charge in [-0.2, -0.15) is 0 Å². The SMILES string of the molecule is CCN(Cc1ccc(C(=O)NCC2CCCN2)cc1)C(C)C. The van der Waals surface area contributed by atoms with E-state index in [1.54, 1.807) is 0 Å². The van der Waals surface area contributed by atoms with E-state index in [1.807, 2.05) is 12.1 Å². The molecule has 1 aromatic rings. The molecule has 0 spiro atoms. The van der Waals surface area contributed by atoms with Crippen molar-refractivity contribution in [3.8, 4) is 0 Å². The van der Waals surface area contributed by atoms with Crippen LogP contribution in [-0.4, -0.2) is 42.5 Å². The van der Waals surface area contributed by atoms with E-state index in [0.717, 1.165) is 38.2 Å². The molecule has 1 aliphatic rings. The van der Waals surface area contributed by atoms with Crippen LogP contribution in [0.4, 0.5) is 0 Å². The molecule has 1 aliphatic heterocycles. The zero-order chi connectivity index (χ0) is 15.9. The molecule has 1 atom stereocenters. The second-order valence-electron chi connectivity index (χ2n) is 6.36. The fraction of sp³-hybridized carbons (Fsp3) is 0.611. The lowest BCUT2D eigenvalue weighted by atomic mass is 10.1. The van der Waals surface area contributed by atoms with Crippen molar-refractivity contribution in [3.63, 3.8) is 0 Å². The lowest BCUT2D eigenvalue weighted by Gasteiger charge is -2.24. The maximum absolute atomic E-state index is 12.1. The van der Waals surface area contributed by atoms with Crippen LogP contribution in [0.15, 0.2) is 24.3 Å². The largest absolute Gasteiger partial charge is 0.350 e. The van der Waals surface area contributed by atoms with Crippen LogP contribution in [0.3, 0.4) is 0 Å². The molecule has 1 heterocycles. The van der Waals surface area contributed by atoms with Crippen molar-refractivity contribution in [1.82, 2.24) is 15.5 Å². The first-order valence-corrected chi connectivity index (χ1v) is 8.44. The number of hydrogen-bond donors (Lipinski definition) is 2. The number of carbonyl (C=O) groups is 1. The highest BCUT2D eigenvalue weighted by atomic mass is 16.1. The zero-order valence-corrected chi connectivity index (χ0v) is 14.1. The second-order valence-corrected chi connectivity index (χ2v) is 6.36. The maximum atomic E-state index is 12.1. The molecule has 1 aromatic carbocycles. The van der Waals surface area contributed by atoms with Gasteiger partial charge < -0.3 is 10.6 Å². The highest BCUT2D eigenvalue weighted by Gasteiger charge is 2.15. The Balaban J connectivity index is 1.86. The van der Waals surface area contributed by atoms with Crippen LogP contribution in [0.1, 0.15) is 49.5 Å². The fourth-order valence-electron chi connectivity index (χ4n) is 2.90. The lowest BCUT2D eigenvalue weighted by Crippen LogP contribution is -2.37. The zero-order valence-electron chi connectivity index (χ0n) is 14.1. The number of hydrogen-bond acceptors (Lipinski definition) is 3. The Bertz CT molecular complexity index is 464. The van der Waals surface area contributed by atoms with Gasteiger partial charge in [-0.15, -0.1) is 0 Å². The molecule has 4 nitrogen and oxygen atoms in total. The summed E-state index contributed by atoms with van der Waals surface area (Å²) in [4.78, 5) is 14.6. The lowest BCUT2D eigenvalue weighted by molar-refractivity contribution is 0.0950. The molecular weight excluding hydrogens is 274 g/mol. The Kier molecular flexibility index (Phi) is 6.40. The third kappa shape index (κ3) is 4.82. The third-order valence-electron chi connectivity index (χ3n) is 4.41. The van der Waals surface area contributed by atoms with Crippen molar-refractivity contribution >= 4 is 5.91 Å². The highest BCUT2D eigenvalue weighted by molar-refractivity contribution is 5.94. The molecule has 1 amide bonds. The average Bonchev–Trinajstić information content (AvgIpc) is 3.04. The Hall–Kier alpha value is -1.39. The minimum absolute atomic E-state index is 0.0245. The first-order valence-electron chi connectivity index (χ1n) is 8.44. The van der Waals surface area contributed by atoms with Gasteiger partial charge in [-0.25, -0.2) is 0 Å². The van der Waals surface area contributed by atoms with Gasteiger partial charge in [0.2, 0.25) is 0 Å². The van der Waals surface area contributed by atoms with Gasteiger partial charge in [-0.1, -0.05) is 19.1 Å². The molecule has 1 unspecified atom stereocenters. The van der Waals surface area contributed by atoms with E-state index in [4.69, 9.17) is 0 Å². The normalized spacial score (nSPS) is 18.1. The smallest absolute Gasteiger partial charge is 0.251 e. The van der Waals surface area contributed by atoms with Crippen molar-refractivity contribution in [2.75, 3.05) is 19.6 Å². The standard InChI is InChI=1S/C18H29N3O/c1-4-21(14(2)3)13-15-7-9-16(10-8-15)18(22)20-12-17-6-5-11-19-17/h7-10,14,17,19H,4-6,11-13H2,1-3H3,(H,20,22). The molecular formula is C18H29N3O. The number of nitrogens with one attached hydrogen (secondary N) is 2. The van der Waals surface area contributed by atoms with Crippen molar-refractivity contribution in [2.24, 2.45) is 0 Å². The van der Waals surface area contributed by atoms with Crippen LogP contribution in [0.5, 0.6) is 0 Å². The summed E-state index contributed by atoms with van der Waals surface area (Å²) in [7, 11) is 0. The summed E-state index contributed by atoms with van der Waals surface area (Å²) in [6, 6.07) is 8.96. The van der Waals surface area contributed by atoms with Crippen LogP contribution in [0.25, 0.3) is 0 Å². The summed E-state index contributed by atoms with van der Waals surface area (Å²) in [5, 5.41) is 6.41. The number of nitrogens with zero attached hydrogens (tertiary/aromatic N) is 1. The van der Waals surface area contributed by atoms with Crippen molar-refractivity contribution in [3.05, 3.63) is 35.4 Å². The third-order valence-corrected chi connectivity index (χ3v) is 4.41. The van der Waals surface area contributed by atoms with Crippen LogP contribution in [0.2, 0.25) is 0 Å². The van der Waals surface area contributed by atoms with E-state index in [9.17, 15) is 4.79 Å². The minimum Gasteiger partial charge on any atom is -0.350 e. The van der Waals surface area contributed by atoms with Gasteiger partial charge in [0.1, 0.15) is 0 Å². The molecule has 0 aliphatic carbocycles. The van der Waals surface area contributed by atoms with Gasteiger partial charge in [0.05, 0.1) is 0 Å². The summed E-state index contributed by atoms with van der Waals surface area (Å²) >= 11 is 0. The molecule has 0 radical (unpaired) electrons. The first kappa shape index (κ1) is 17.0. The number of carbonyl (C=O) groups excluding carboxylic acids is 1. The average molecular weight is 303 g/mol. The van der Waals surface area contributed by atoms with Gasteiger partial charge in [0.15, 0.2) is 0 Å². The van der Waals surface area contributed by atoms with Crippen LogP contribution in [-0.2, 0) is 6.54 Å². The summed E-state index contributed by atoms with van der Waals surface area (Å²) in [5.74, 6) is 0.0245. The molecule has 2 rings (SSSR count). The summed E-state index contributed by atoms with van der Waals surface area (Å²) < 4.78 is 0. The molecule has 0 aromatic heterocycles. The Morgan fingerprint density at radius 3 is 2.64 bits per heavy atom. The van der Waals surface area contributed by atoms with Gasteiger partial charge >= 0.3 is 0 Å². The summed E-state index contributed by atoms with van der Waals surface area (Å²) in [5.41, 5.74) is 2.00. The summed E-state index contributed by atoms with van der Waals surface area (Å²) in [6.45, 7) is 10.4. The molecule has 0 bridgehead atoms. The molecule has 4 heteroatoms. The molecule has 2 N–H and O–H groups in total. The molecule has 1 fully saturated rings. The van der Waals surface area contributed by atoms with Crippen LogP contribution in [0, 0.1) is 0 Å². The predicted octanol–water partition coefficient (Wildman–Crippen LogP) is 2.40. The Morgan fingerprint density at radius 2 is 2.09 bits per heavy atom. The monoisotopic (exact) mass is 303 g/mol. The topological polar surface area (TPSA) is 44.4 Å². The van der Waals surface area contributed by atoms with E-state index in [2.05, 4.69) is 48.4 Å². The van der Waals surface area contributed by atoms with Gasteiger partial charge in [-0.3, -0.25) is 9.69 Å². The van der Waals surface area contributed by atoms with Crippen molar-refractivity contribution < 1.29 is 4.79 Å². The maximum Gasteiger partial charge on any atom is 0.251 e. The van der Waals surface area contributed by atoms with E-state index >= 15 is 0 Å². The molecule has 122 valence electrons. The molecule has 22 heavy (non-hydrogen) atoms. The highest BCUT2D eigenvalue weighted by Crippen LogP contribution is 2.10. The van der Waals surface area contributed by atoms with E-state index < -0.39 is 0 Å². The number of rotatable bonds is 7. The van der Waals surface area contributed by atoms with Crippen molar-refractivity contribution in [1.29, 1.82) is 0 Å². The van der Waals surface area contributed by atoms with E-state index in [1.165, 1.54) is 12.0 Å². The number of benzene rings is 1. The second kappa shape index (κ2) is 8.30. The number of amides is 1. The quantitative estimate of drug-likeness (QED) is 0.813. The summed E-state index contributed by atoms with van der Waals surface area (Å²) in [6.07, 6.45) is 2.36. The van der Waals surface area contributed by atoms with Crippen LogP contribution >= 0.6 is 0 Å². The van der Waals surface area contributed by atoms with Crippen LogP contribution < -0.4 is 10.6 Å². The Labute approximate surface area is 134 Å². The molecule has 1 saturated heterocycles. The minimum atomic E-state index is 0.0245.